The van der Waals surface area contributed by atoms with Crippen molar-refractivity contribution in [2.75, 3.05) is 39.5 Å². The SMILES string of the molecule is CN1CC[C@H](O)[C@@]2(CCCN(C(=O)c3cccc(S(C)(=O)=O)c3)C2)C1. The van der Waals surface area contributed by atoms with Crippen LogP contribution in [0.3, 0.4) is 0 Å². The number of carbonyl (C=O) groups excluding carboxylic acids is 1. The highest BCUT2D eigenvalue weighted by molar-refractivity contribution is 7.90. The Kier molecular flexibility index (Phi) is 4.92. The first-order valence-corrected chi connectivity index (χ1v) is 10.6. The van der Waals surface area contributed by atoms with Crippen LogP contribution < -0.4 is 0 Å². The van der Waals surface area contributed by atoms with Gasteiger partial charge in [-0.05, 0) is 44.5 Å². The quantitative estimate of drug-likeness (QED) is 0.845. The predicted octanol–water partition coefficient (Wildman–Crippen LogP) is 1.01. The summed E-state index contributed by atoms with van der Waals surface area (Å²) in [6, 6.07) is 6.21. The number of nitrogens with zero attached hydrogens (tertiary/aromatic N) is 2. The van der Waals surface area contributed by atoms with Crippen molar-refractivity contribution in [2.45, 2.75) is 30.3 Å². The molecule has 0 unspecified atom stereocenters. The van der Waals surface area contributed by atoms with Crippen molar-refractivity contribution < 1.29 is 18.3 Å². The van der Waals surface area contributed by atoms with Crippen LogP contribution in [0.25, 0.3) is 0 Å². The third kappa shape index (κ3) is 3.73. The van der Waals surface area contributed by atoms with Crippen LogP contribution in [-0.4, -0.2) is 74.8 Å². The average Bonchev–Trinajstić information content (AvgIpc) is 2.57. The lowest BCUT2D eigenvalue weighted by molar-refractivity contribution is -0.0731. The summed E-state index contributed by atoms with van der Waals surface area (Å²) in [4.78, 5) is 17.1. The minimum Gasteiger partial charge on any atom is -0.392 e. The highest BCUT2D eigenvalue weighted by Gasteiger charge is 2.45. The molecule has 2 aliphatic rings. The van der Waals surface area contributed by atoms with Crippen LogP contribution >= 0.6 is 0 Å². The van der Waals surface area contributed by atoms with Crippen LogP contribution in [0.2, 0.25) is 0 Å². The zero-order valence-corrected chi connectivity index (χ0v) is 15.6. The van der Waals surface area contributed by atoms with Gasteiger partial charge in [-0.1, -0.05) is 6.07 Å². The lowest BCUT2D eigenvalue weighted by Gasteiger charge is -2.50. The number of sulfone groups is 1. The second-order valence-electron chi connectivity index (χ2n) is 7.53. The molecular formula is C18H26N2O4S. The van der Waals surface area contributed by atoms with Crippen molar-refractivity contribution in [3.05, 3.63) is 29.8 Å². The van der Waals surface area contributed by atoms with Crippen molar-refractivity contribution in [1.29, 1.82) is 0 Å². The molecule has 2 heterocycles. The lowest BCUT2D eigenvalue weighted by Crippen LogP contribution is -2.59. The molecule has 0 saturated carbocycles. The van der Waals surface area contributed by atoms with Gasteiger partial charge in [-0.3, -0.25) is 4.79 Å². The Balaban J connectivity index is 1.83. The fraction of sp³-hybridized carbons (Fsp3) is 0.611. The number of aliphatic hydroxyl groups is 1. The van der Waals surface area contributed by atoms with Crippen LogP contribution in [0.1, 0.15) is 29.6 Å². The third-order valence-corrected chi connectivity index (χ3v) is 6.59. The first kappa shape index (κ1) is 18.4. The second-order valence-corrected chi connectivity index (χ2v) is 9.55. The molecule has 1 N–H and O–H groups in total. The third-order valence-electron chi connectivity index (χ3n) is 5.48. The minimum absolute atomic E-state index is 0.155. The fourth-order valence-electron chi connectivity index (χ4n) is 4.15. The molecule has 0 aliphatic carbocycles. The number of rotatable bonds is 2. The standard InChI is InChI=1S/C18H26N2O4S/c1-19-10-7-16(21)18(12-19)8-4-9-20(13-18)17(22)14-5-3-6-15(11-14)25(2,23)24/h3,5-6,11,16,21H,4,7-10,12-13H2,1-2H3/t16-,18-/m0/s1. The molecule has 0 bridgehead atoms. The topological polar surface area (TPSA) is 77.9 Å². The van der Waals surface area contributed by atoms with E-state index in [4.69, 9.17) is 0 Å². The van der Waals surface area contributed by atoms with Gasteiger partial charge in [0.1, 0.15) is 0 Å². The summed E-state index contributed by atoms with van der Waals surface area (Å²) in [6.45, 7) is 2.80. The van der Waals surface area contributed by atoms with Gasteiger partial charge in [0.05, 0.1) is 11.0 Å². The molecule has 2 fully saturated rings. The molecule has 3 rings (SSSR count). The van der Waals surface area contributed by atoms with Crippen LogP contribution in [-0.2, 0) is 9.84 Å². The maximum absolute atomic E-state index is 12.9. The van der Waals surface area contributed by atoms with E-state index >= 15 is 0 Å². The van der Waals surface area contributed by atoms with Crippen LogP contribution in [0.15, 0.2) is 29.2 Å². The Hall–Kier alpha value is -1.44. The zero-order chi connectivity index (χ0) is 18.2. The first-order valence-electron chi connectivity index (χ1n) is 8.67. The summed E-state index contributed by atoms with van der Waals surface area (Å²) in [5, 5.41) is 10.6. The van der Waals surface area contributed by atoms with E-state index in [2.05, 4.69) is 4.90 Å². The number of aliphatic hydroxyl groups excluding tert-OH is 1. The number of carbonyl (C=O) groups is 1. The van der Waals surface area contributed by atoms with Crippen molar-refractivity contribution in [3.8, 4) is 0 Å². The maximum Gasteiger partial charge on any atom is 0.253 e. The van der Waals surface area contributed by atoms with Crippen molar-refractivity contribution in [2.24, 2.45) is 5.41 Å². The maximum atomic E-state index is 12.9. The summed E-state index contributed by atoms with van der Waals surface area (Å²) < 4.78 is 23.5. The number of likely N-dealkylation sites (tertiary alicyclic amines) is 2. The molecule has 1 amide bonds. The Morgan fingerprint density at radius 2 is 2.04 bits per heavy atom. The van der Waals surface area contributed by atoms with Gasteiger partial charge >= 0.3 is 0 Å². The summed E-state index contributed by atoms with van der Waals surface area (Å²) >= 11 is 0. The smallest absolute Gasteiger partial charge is 0.253 e. The molecule has 2 aliphatic heterocycles. The van der Waals surface area contributed by atoms with Crippen molar-refractivity contribution in [1.82, 2.24) is 9.80 Å². The van der Waals surface area contributed by atoms with E-state index in [0.717, 1.165) is 38.6 Å². The number of hydrogen-bond acceptors (Lipinski definition) is 5. The van der Waals surface area contributed by atoms with Gasteiger partial charge in [-0.15, -0.1) is 0 Å². The van der Waals surface area contributed by atoms with Crippen LogP contribution in [0.5, 0.6) is 0 Å². The van der Waals surface area contributed by atoms with Gasteiger partial charge in [0, 0.05) is 43.4 Å². The van der Waals surface area contributed by atoms with E-state index in [-0.39, 0.29) is 16.2 Å². The van der Waals surface area contributed by atoms with Crippen molar-refractivity contribution >= 4 is 15.7 Å². The van der Waals surface area contributed by atoms with E-state index in [9.17, 15) is 18.3 Å². The van der Waals surface area contributed by atoms with Crippen molar-refractivity contribution in [3.63, 3.8) is 0 Å². The van der Waals surface area contributed by atoms with Gasteiger partial charge in [0.2, 0.25) is 0 Å². The molecular weight excluding hydrogens is 340 g/mol. The monoisotopic (exact) mass is 366 g/mol. The molecule has 25 heavy (non-hydrogen) atoms. The largest absolute Gasteiger partial charge is 0.392 e. The van der Waals surface area contributed by atoms with Crippen LogP contribution in [0.4, 0.5) is 0 Å². The van der Waals surface area contributed by atoms with E-state index in [1.165, 1.54) is 12.1 Å². The van der Waals surface area contributed by atoms with E-state index in [1.54, 1.807) is 17.0 Å². The molecule has 0 radical (unpaired) electrons. The average molecular weight is 366 g/mol. The van der Waals surface area contributed by atoms with E-state index in [0.29, 0.717) is 18.7 Å². The summed E-state index contributed by atoms with van der Waals surface area (Å²) in [5.74, 6) is -0.162. The number of piperidine rings is 2. The van der Waals surface area contributed by atoms with Gasteiger partial charge < -0.3 is 14.9 Å². The Labute approximate surface area is 149 Å². The molecule has 1 spiro atoms. The number of hydrogen-bond donors (Lipinski definition) is 1. The summed E-state index contributed by atoms with van der Waals surface area (Å²) in [6.07, 6.45) is 3.22. The van der Waals surface area contributed by atoms with Gasteiger partial charge in [0.15, 0.2) is 9.84 Å². The second kappa shape index (κ2) is 6.70. The molecule has 0 aromatic heterocycles. The molecule has 2 saturated heterocycles. The highest BCUT2D eigenvalue weighted by Crippen LogP contribution is 2.38. The zero-order valence-electron chi connectivity index (χ0n) is 14.8. The van der Waals surface area contributed by atoms with E-state index in [1.807, 2.05) is 7.05 Å². The minimum atomic E-state index is -3.35. The van der Waals surface area contributed by atoms with E-state index < -0.39 is 15.9 Å². The first-order chi connectivity index (χ1) is 11.7. The molecule has 6 nitrogen and oxygen atoms in total. The fourth-order valence-corrected chi connectivity index (χ4v) is 4.81. The van der Waals surface area contributed by atoms with Gasteiger partial charge in [-0.25, -0.2) is 8.42 Å². The van der Waals surface area contributed by atoms with Gasteiger partial charge in [-0.2, -0.15) is 0 Å². The normalized spacial score (nSPS) is 28.3. The predicted molar refractivity (Wildman–Crippen MR) is 95.2 cm³/mol. The number of benzene rings is 1. The molecule has 7 heteroatoms. The highest BCUT2D eigenvalue weighted by atomic mass is 32.2. The lowest BCUT2D eigenvalue weighted by atomic mass is 9.71. The van der Waals surface area contributed by atoms with Crippen LogP contribution in [0, 0.1) is 5.41 Å². The summed E-state index contributed by atoms with van der Waals surface area (Å²) in [7, 11) is -1.30. The Bertz CT molecular complexity index is 764. The Morgan fingerprint density at radius 3 is 2.76 bits per heavy atom. The number of amides is 1. The summed E-state index contributed by atoms with van der Waals surface area (Å²) in [5.41, 5.74) is 0.105. The Morgan fingerprint density at radius 1 is 1.28 bits per heavy atom. The molecule has 1 aromatic rings. The molecule has 138 valence electrons. The van der Waals surface area contributed by atoms with Gasteiger partial charge in [0.25, 0.3) is 5.91 Å². The molecule has 2 atom stereocenters. The molecule has 1 aromatic carbocycles.